The van der Waals surface area contributed by atoms with Crippen molar-refractivity contribution < 1.29 is 8.85 Å². The van der Waals surface area contributed by atoms with Crippen molar-refractivity contribution in [2.75, 3.05) is 14.2 Å². The molecule has 2 rings (SSSR count). The van der Waals surface area contributed by atoms with Crippen molar-refractivity contribution in [2.45, 2.75) is 40.5 Å². The maximum absolute atomic E-state index is 6.03. The zero-order chi connectivity index (χ0) is 14.2. The van der Waals surface area contributed by atoms with E-state index in [0.717, 1.165) is 12.8 Å². The zero-order valence-corrected chi connectivity index (χ0v) is 13.9. The van der Waals surface area contributed by atoms with Gasteiger partial charge in [-0.15, -0.1) is 0 Å². The summed E-state index contributed by atoms with van der Waals surface area (Å²) < 4.78 is 12.1. The molecule has 3 heteroatoms. The highest BCUT2D eigenvalue weighted by Gasteiger charge is 2.47. The normalized spacial score (nSPS) is 20.3. The van der Waals surface area contributed by atoms with E-state index in [1.165, 1.54) is 32.7 Å². The van der Waals surface area contributed by atoms with Crippen molar-refractivity contribution >= 4 is 8.56 Å². The van der Waals surface area contributed by atoms with Crippen LogP contribution in [0, 0.1) is 0 Å². The van der Waals surface area contributed by atoms with Crippen molar-refractivity contribution in [3.05, 3.63) is 44.8 Å². The van der Waals surface area contributed by atoms with Crippen LogP contribution in [0.5, 0.6) is 0 Å². The summed E-state index contributed by atoms with van der Waals surface area (Å²) in [7, 11) is 1.17. The molecule has 19 heavy (non-hydrogen) atoms. The van der Waals surface area contributed by atoms with E-state index < -0.39 is 8.56 Å². The van der Waals surface area contributed by atoms with Crippen LogP contribution in [0.3, 0.4) is 0 Å². The van der Waals surface area contributed by atoms with Gasteiger partial charge >= 0.3 is 8.56 Å². The smallest absolute Gasteiger partial charge is 0.391 e. The van der Waals surface area contributed by atoms with Gasteiger partial charge in [-0.25, -0.2) is 0 Å². The second-order valence-electron chi connectivity index (χ2n) is 5.68. The molecule has 0 radical (unpaired) electrons. The van der Waals surface area contributed by atoms with Gasteiger partial charge in [0.1, 0.15) is 0 Å². The maximum atomic E-state index is 6.03. The third kappa shape index (κ3) is 2.31. The van der Waals surface area contributed by atoms with Crippen LogP contribution in [0.1, 0.15) is 40.5 Å². The summed E-state index contributed by atoms with van der Waals surface area (Å²) in [5, 5.41) is 2.76. The van der Waals surface area contributed by atoms with Gasteiger partial charge < -0.3 is 8.85 Å². The molecule has 104 valence electrons. The minimum Gasteiger partial charge on any atom is -0.391 e. The fourth-order valence-electron chi connectivity index (χ4n) is 3.36. The third-order valence-corrected chi connectivity index (χ3v) is 8.04. The first-order valence-corrected chi connectivity index (χ1v) is 8.61. The Morgan fingerprint density at radius 1 is 0.789 bits per heavy atom. The average molecular weight is 276 g/mol. The second kappa shape index (κ2) is 5.23. The predicted octanol–water partition coefficient (Wildman–Crippen LogP) is 4.13. The summed E-state index contributed by atoms with van der Waals surface area (Å²) in [5.74, 6) is 0. The van der Waals surface area contributed by atoms with Crippen LogP contribution in [-0.2, 0) is 8.85 Å². The molecular formula is C16H24O2Si. The SMILES string of the molecule is CO[Si](OC)(C1=C(C)C=C(C)C1)C1=C(C)C=C(C)C1. The molecule has 0 bridgehead atoms. The summed E-state index contributed by atoms with van der Waals surface area (Å²) >= 11 is 0. The largest absolute Gasteiger partial charge is 0.399 e. The van der Waals surface area contributed by atoms with E-state index >= 15 is 0 Å². The molecular weight excluding hydrogens is 252 g/mol. The molecule has 2 nitrogen and oxygen atoms in total. The highest BCUT2D eigenvalue weighted by Crippen LogP contribution is 2.42. The van der Waals surface area contributed by atoms with Crippen molar-refractivity contribution in [3.8, 4) is 0 Å². The summed E-state index contributed by atoms with van der Waals surface area (Å²) in [4.78, 5) is 0. The molecule has 0 saturated heterocycles. The highest BCUT2D eigenvalue weighted by atomic mass is 28.4. The van der Waals surface area contributed by atoms with Gasteiger partial charge in [0.25, 0.3) is 0 Å². The average Bonchev–Trinajstić information content (AvgIpc) is 2.86. The second-order valence-corrected chi connectivity index (χ2v) is 8.94. The van der Waals surface area contributed by atoms with Gasteiger partial charge in [-0.1, -0.05) is 34.4 Å². The third-order valence-electron chi connectivity index (χ3n) is 4.16. The first kappa shape index (κ1) is 14.5. The Morgan fingerprint density at radius 3 is 1.37 bits per heavy atom. The van der Waals surface area contributed by atoms with Crippen LogP contribution in [0.2, 0.25) is 0 Å². The molecule has 0 aliphatic heterocycles. The molecule has 0 atom stereocenters. The fraction of sp³-hybridized carbons (Fsp3) is 0.500. The first-order valence-electron chi connectivity index (χ1n) is 6.79. The number of rotatable bonds is 4. The van der Waals surface area contributed by atoms with Gasteiger partial charge in [-0.3, -0.25) is 0 Å². The van der Waals surface area contributed by atoms with E-state index in [1.807, 2.05) is 0 Å². The van der Waals surface area contributed by atoms with Gasteiger partial charge in [0.2, 0.25) is 0 Å². The van der Waals surface area contributed by atoms with Crippen LogP contribution in [0.25, 0.3) is 0 Å². The number of allylic oxidation sites excluding steroid dienone is 8. The molecule has 0 amide bonds. The summed E-state index contributed by atoms with van der Waals surface area (Å²) in [6, 6.07) is 0. The minimum atomic E-state index is -2.43. The molecule has 2 aliphatic carbocycles. The van der Waals surface area contributed by atoms with Gasteiger partial charge in [-0.05, 0) is 50.9 Å². The van der Waals surface area contributed by atoms with Crippen molar-refractivity contribution in [1.29, 1.82) is 0 Å². The molecule has 0 aromatic rings. The van der Waals surface area contributed by atoms with Crippen LogP contribution < -0.4 is 0 Å². The Hall–Kier alpha value is -0.903. The summed E-state index contributed by atoms with van der Waals surface area (Å²) in [6.45, 7) is 8.72. The minimum absolute atomic E-state index is 0.996. The lowest BCUT2D eigenvalue weighted by Gasteiger charge is -2.32. The quantitative estimate of drug-likeness (QED) is 0.719. The Morgan fingerprint density at radius 2 is 1.16 bits per heavy atom. The predicted molar refractivity (Wildman–Crippen MR) is 81.9 cm³/mol. The lowest BCUT2D eigenvalue weighted by atomic mass is 10.3. The van der Waals surface area contributed by atoms with Gasteiger partial charge in [0.05, 0.1) is 0 Å². The van der Waals surface area contributed by atoms with Gasteiger partial charge in [0, 0.05) is 14.2 Å². The van der Waals surface area contributed by atoms with Crippen molar-refractivity contribution in [1.82, 2.24) is 0 Å². The van der Waals surface area contributed by atoms with E-state index in [9.17, 15) is 0 Å². The van der Waals surface area contributed by atoms with Crippen LogP contribution in [-0.4, -0.2) is 22.8 Å². The first-order chi connectivity index (χ1) is 8.94. The van der Waals surface area contributed by atoms with Crippen LogP contribution in [0.15, 0.2) is 44.8 Å². The molecule has 0 aromatic heterocycles. The molecule has 0 heterocycles. The molecule has 0 aromatic carbocycles. The Bertz CT molecular complexity index is 473. The molecule has 0 unspecified atom stereocenters. The molecule has 0 N–H and O–H groups in total. The van der Waals surface area contributed by atoms with Crippen molar-refractivity contribution in [2.24, 2.45) is 0 Å². The van der Waals surface area contributed by atoms with Crippen molar-refractivity contribution in [3.63, 3.8) is 0 Å². The molecule has 0 saturated carbocycles. The van der Waals surface area contributed by atoms with E-state index in [1.54, 1.807) is 14.2 Å². The Kier molecular flexibility index (Phi) is 3.99. The Balaban J connectivity index is 2.47. The molecule has 0 fully saturated rings. The summed E-state index contributed by atoms with van der Waals surface area (Å²) in [6.07, 6.45) is 6.52. The Labute approximate surface area is 117 Å². The van der Waals surface area contributed by atoms with E-state index in [2.05, 4.69) is 39.8 Å². The van der Waals surface area contributed by atoms with Gasteiger partial charge in [-0.2, -0.15) is 0 Å². The molecule has 0 spiro atoms. The van der Waals surface area contributed by atoms with E-state index in [0.29, 0.717) is 0 Å². The standard InChI is InChI=1S/C16H24O2Si/c1-11-7-13(3)15(9-11)19(17-5,18-6)16-10-12(2)8-14(16)4/h7-8H,9-10H2,1-6H3. The summed E-state index contributed by atoms with van der Waals surface area (Å²) in [5.41, 5.74) is 5.47. The topological polar surface area (TPSA) is 18.5 Å². The van der Waals surface area contributed by atoms with Crippen LogP contribution in [0.4, 0.5) is 0 Å². The van der Waals surface area contributed by atoms with E-state index in [-0.39, 0.29) is 0 Å². The number of hydrogen-bond acceptors (Lipinski definition) is 2. The maximum Gasteiger partial charge on any atom is 0.399 e. The monoisotopic (exact) mass is 276 g/mol. The van der Waals surface area contributed by atoms with Crippen LogP contribution >= 0.6 is 0 Å². The highest BCUT2D eigenvalue weighted by molar-refractivity contribution is 6.82. The van der Waals surface area contributed by atoms with Gasteiger partial charge in [0.15, 0.2) is 0 Å². The number of hydrogen-bond donors (Lipinski definition) is 0. The van der Waals surface area contributed by atoms with E-state index in [4.69, 9.17) is 8.85 Å². The molecule has 2 aliphatic rings. The zero-order valence-electron chi connectivity index (χ0n) is 12.9. The fourth-order valence-corrected chi connectivity index (χ4v) is 7.08. The lowest BCUT2D eigenvalue weighted by Crippen LogP contribution is -2.46. The lowest BCUT2D eigenvalue weighted by molar-refractivity contribution is 0.260.